The van der Waals surface area contributed by atoms with Crippen LogP contribution in [0.15, 0.2) is 0 Å². The van der Waals surface area contributed by atoms with E-state index in [4.69, 9.17) is 4.74 Å². The fraction of sp³-hybridized carbons (Fsp3) is 0.692. The van der Waals surface area contributed by atoms with E-state index in [2.05, 4.69) is 24.3 Å². The first-order valence-corrected chi connectivity index (χ1v) is 6.32. The third kappa shape index (κ3) is 2.83. The lowest BCUT2D eigenvalue weighted by Gasteiger charge is -2.16. The maximum Gasteiger partial charge on any atom is 0.328 e. The van der Waals surface area contributed by atoms with Crippen molar-refractivity contribution in [3.63, 3.8) is 0 Å². The molecular formula is C13H23N3O2. The minimum Gasteiger partial charge on any atom is -0.467 e. The predicted molar refractivity (Wildman–Crippen MR) is 71.8 cm³/mol. The second-order valence-corrected chi connectivity index (χ2v) is 4.71. The van der Waals surface area contributed by atoms with Crippen LogP contribution in [-0.2, 0) is 9.53 Å². The fourth-order valence-electron chi connectivity index (χ4n) is 2.02. The van der Waals surface area contributed by atoms with Crippen LogP contribution in [0.4, 0.5) is 5.69 Å². The number of hydrogen-bond acceptors (Lipinski definition) is 4. The van der Waals surface area contributed by atoms with Crippen molar-refractivity contribution in [2.75, 3.05) is 12.4 Å². The summed E-state index contributed by atoms with van der Waals surface area (Å²) in [6.45, 7) is 10.1. The molecule has 0 saturated heterocycles. The molecule has 1 N–H and O–H groups in total. The lowest BCUT2D eigenvalue weighted by Crippen LogP contribution is -2.30. The van der Waals surface area contributed by atoms with E-state index in [1.165, 1.54) is 7.11 Å². The van der Waals surface area contributed by atoms with Gasteiger partial charge in [0.2, 0.25) is 0 Å². The molecule has 18 heavy (non-hydrogen) atoms. The molecule has 0 aliphatic carbocycles. The first-order chi connectivity index (χ1) is 8.42. The number of ether oxygens (including phenoxy) is 1. The van der Waals surface area contributed by atoms with E-state index >= 15 is 0 Å². The van der Waals surface area contributed by atoms with Gasteiger partial charge in [-0.2, -0.15) is 5.10 Å². The molecule has 5 heteroatoms. The van der Waals surface area contributed by atoms with Gasteiger partial charge in [-0.1, -0.05) is 6.92 Å². The number of aromatic nitrogens is 2. The van der Waals surface area contributed by atoms with Gasteiger partial charge >= 0.3 is 5.97 Å². The smallest absolute Gasteiger partial charge is 0.328 e. The standard InChI is InChI=1S/C13H23N3O2/c1-7-11(13(17)18-6)14-12-9(4)15-16(8(2)3)10(12)5/h8,11,14H,7H2,1-6H3. The number of rotatable bonds is 5. The molecule has 5 nitrogen and oxygen atoms in total. The molecule has 0 aromatic carbocycles. The van der Waals surface area contributed by atoms with Crippen LogP contribution >= 0.6 is 0 Å². The van der Waals surface area contributed by atoms with E-state index in [0.29, 0.717) is 12.5 Å². The molecule has 1 aromatic heterocycles. The normalized spacial score (nSPS) is 12.6. The summed E-state index contributed by atoms with van der Waals surface area (Å²) in [6, 6.07) is -0.0188. The van der Waals surface area contributed by atoms with Crippen LogP contribution in [0.1, 0.15) is 44.6 Å². The number of aryl methyl sites for hydroxylation is 1. The molecule has 1 atom stereocenters. The molecule has 0 aliphatic rings. The molecule has 0 radical (unpaired) electrons. The van der Waals surface area contributed by atoms with Gasteiger partial charge in [-0.25, -0.2) is 4.79 Å². The molecule has 102 valence electrons. The maximum atomic E-state index is 11.6. The average Bonchev–Trinajstić information content (AvgIpc) is 2.62. The summed E-state index contributed by atoms with van der Waals surface area (Å²) in [7, 11) is 1.41. The highest BCUT2D eigenvalue weighted by Crippen LogP contribution is 2.23. The molecule has 1 rings (SSSR count). The van der Waals surface area contributed by atoms with Gasteiger partial charge in [-0.3, -0.25) is 4.68 Å². The van der Waals surface area contributed by atoms with Crippen LogP contribution in [0.3, 0.4) is 0 Å². The van der Waals surface area contributed by atoms with Crippen LogP contribution in [0.2, 0.25) is 0 Å². The Kier molecular flexibility index (Phi) is 4.76. The summed E-state index contributed by atoms with van der Waals surface area (Å²) < 4.78 is 6.74. The third-order valence-corrected chi connectivity index (χ3v) is 3.03. The Morgan fingerprint density at radius 1 is 1.44 bits per heavy atom. The van der Waals surface area contributed by atoms with E-state index in [0.717, 1.165) is 17.1 Å². The SMILES string of the molecule is CCC(Nc1c(C)nn(C(C)C)c1C)C(=O)OC. The van der Waals surface area contributed by atoms with E-state index < -0.39 is 0 Å². The molecule has 0 aliphatic heterocycles. The Morgan fingerprint density at radius 3 is 2.44 bits per heavy atom. The van der Waals surface area contributed by atoms with Crippen LogP contribution in [-0.4, -0.2) is 28.9 Å². The zero-order chi connectivity index (χ0) is 13.9. The predicted octanol–water partition coefficient (Wildman–Crippen LogP) is 2.44. The monoisotopic (exact) mass is 253 g/mol. The van der Waals surface area contributed by atoms with Crippen molar-refractivity contribution in [2.24, 2.45) is 0 Å². The van der Waals surface area contributed by atoms with Crippen molar-refractivity contribution in [2.45, 2.75) is 53.1 Å². The minimum absolute atomic E-state index is 0.242. The van der Waals surface area contributed by atoms with E-state index in [9.17, 15) is 4.79 Å². The average molecular weight is 253 g/mol. The Morgan fingerprint density at radius 2 is 2.06 bits per heavy atom. The number of nitrogens with one attached hydrogen (secondary N) is 1. The Labute approximate surface area is 109 Å². The zero-order valence-corrected chi connectivity index (χ0v) is 12.1. The largest absolute Gasteiger partial charge is 0.467 e. The van der Waals surface area contributed by atoms with Crippen molar-refractivity contribution in [1.82, 2.24) is 9.78 Å². The summed E-state index contributed by atoms with van der Waals surface area (Å²) in [5.74, 6) is -0.242. The van der Waals surface area contributed by atoms with Gasteiger partial charge in [-0.05, 0) is 34.1 Å². The number of anilines is 1. The summed E-state index contributed by atoms with van der Waals surface area (Å²) in [5.41, 5.74) is 2.88. The second kappa shape index (κ2) is 5.89. The minimum atomic E-state index is -0.322. The van der Waals surface area contributed by atoms with Gasteiger partial charge < -0.3 is 10.1 Å². The zero-order valence-electron chi connectivity index (χ0n) is 12.1. The van der Waals surface area contributed by atoms with Crippen molar-refractivity contribution in [3.8, 4) is 0 Å². The lowest BCUT2D eigenvalue weighted by atomic mass is 10.2. The molecule has 1 unspecified atom stereocenters. The first kappa shape index (κ1) is 14.5. The second-order valence-electron chi connectivity index (χ2n) is 4.71. The Bertz CT molecular complexity index is 424. The number of esters is 1. The molecule has 0 bridgehead atoms. The molecule has 0 spiro atoms. The number of methoxy groups -OCH3 is 1. The van der Waals surface area contributed by atoms with Gasteiger partial charge in [0.15, 0.2) is 0 Å². The molecule has 0 saturated carbocycles. The fourth-order valence-corrected chi connectivity index (χ4v) is 2.02. The molecule has 1 heterocycles. The van der Waals surface area contributed by atoms with Gasteiger partial charge in [0.05, 0.1) is 24.2 Å². The van der Waals surface area contributed by atoms with Crippen molar-refractivity contribution in [3.05, 3.63) is 11.4 Å². The Balaban J connectivity index is 3.00. The van der Waals surface area contributed by atoms with E-state index in [1.807, 2.05) is 25.5 Å². The van der Waals surface area contributed by atoms with E-state index in [1.54, 1.807) is 0 Å². The molecule has 0 fully saturated rings. The summed E-state index contributed by atoms with van der Waals surface area (Å²) in [6.07, 6.45) is 0.679. The topological polar surface area (TPSA) is 56.2 Å². The van der Waals surface area contributed by atoms with Crippen LogP contribution in [0, 0.1) is 13.8 Å². The third-order valence-electron chi connectivity index (χ3n) is 3.03. The highest BCUT2D eigenvalue weighted by Gasteiger charge is 2.21. The van der Waals surface area contributed by atoms with Crippen molar-refractivity contribution < 1.29 is 9.53 Å². The quantitative estimate of drug-likeness (QED) is 0.819. The van der Waals surface area contributed by atoms with Crippen molar-refractivity contribution >= 4 is 11.7 Å². The van der Waals surface area contributed by atoms with Crippen LogP contribution < -0.4 is 5.32 Å². The first-order valence-electron chi connectivity index (χ1n) is 6.32. The van der Waals surface area contributed by atoms with Gasteiger partial charge in [0.25, 0.3) is 0 Å². The molecule has 1 aromatic rings. The van der Waals surface area contributed by atoms with Gasteiger partial charge in [0, 0.05) is 6.04 Å². The van der Waals surface area contributed by atoms with Crippen LogP contribution in [0.25, 0.3) is 0 Å². The van der Waals surface area contributed by atoms with Gasteiger partial charge in [-0.15, -0.1) is 0 Å². The Hall–Kier alpha value is -1.52. The summed E-state index contributed by atoms with van der Waals surface area (Å²) >= 11 is 0. The van der Waals surface area contributed by atoms with Gasteiger partial charge in [0.1, 0.15) is 6.04 Å². The van der Waals surface area contributed by atoms with E-state index in [-0.39, 0.29) is 12.0 Å². The number of nitrogens with zero attached hydrogens (tertiary/aromatic N) is 2. The summed E-state index contributed by atoms with van der Waals surface area (Å²) in [4.78, 5) is 11.6. The summed E-state index contributed by atoms with van der Waals surface area (Å²) in [5, 5.41) is 7.72. The highest BCUT2D eigenvalue weighted by atomic mass is 16.5. The highest BCUT2D eigenvalue weighted by molar-refractivity contribution is 5.79. The van der Waals surface area contributed by atoms with Crippen LogP contribution in [0.5, 0.6) is 0 Å². The number of carbonyl (C=O) groups excluding carboxylic acids is 1. The maximum absolute atomic E-state index is 11.6. The number of hydrogen-bond donors (Lipinski definition) is 1. The molecular weight excluding hydrogens is 230 g/mol. The lowest BCUT2D eigenvalue weighted by molar-refractivity contribution is -0.141. The number of carbonyl (C=O) groups is 1. The molecule has 0 amide bonds. The van der Waals surface area contributed by atoms with Crippen molar-refractivity contribution in [1.29, 1.82) is 0 Å².